The maximum atomic E-state index is 13.5. The monoisotopic (exact) mass is 336 g/mol. The molecule has 0 aliphatic heterocycles. The molecule has 1 N–H and O–H groups in total. The van der Waals surface area contributed by atoms with Gasteiger partial charge in [0.1, 0.15) is 12.4 Å². The lowest BCUT2D eigenvalue weighted by molar-refractivity contribution is -0.114. The number of halogens is 1. The molecule has 0 aliphatic rings. The van der Waals surface area contributed by atoms with Crippen molar-refractivity contribution in [3.05, 3.63) is 59.9 Å². The molecule has 0 bridgehead atoms. The lowest BCUT2D eigenvalue weighted by Crippen LogP contribution is -2.37. The number of nitrogens with zero attached hydrogens (tertiary/aromatic N) is 1. The standard InChI is InChI=1S/C16H17FN2O3S/c1-12-7-9-13(10-8-12)19(23(2,21)22)11-16(20)18-15-6-4-3-5-14(15)17/h3-10H,11H2,1-2H3,(H,18,20). The van der Waals surface area contributed by atoms with E-state index in [9.17, 15) is 17.6 Å². The van der Waals surface area contributed by atoms with E-state index in [1.807, 2.05) is 6.92 Å². The molecule has 0 spiro atoms. The first kappa shape index (κ1) is 17.0. The average Bonchev–Trinajstić information content (AvgIpc) is 2.47. The molecule has 2 rings (SSSR count). The van der Waals surface area contributed by atoms with E-state index in [1.54, 1.807) is 30.3 Å². The summed E-state index contributed by atoms with van der Waals surface area (Å²) in [6, 6.07) is 12.4. The molecule has 2 aromatic carbocycles. The normalized spacial score (nSPS) is 11.1. The highest BCUT2D eigenvalue weighted by Crippen LogP contribution is 2.19. The van der Waals surface area contributed by atoms with Gasteiger partial charge < -0.3 is 5.32 Å². The minimum Gasteiger partial charge on any atom is -0.322 e. The number of hydrogen-bond acceptors (Lipinski definition) is 3. The summed E-state index contributed by atoms with van der Waals surface area (Å²) < 4.78 is 38.4. The minimum atomic E-state index is -3.65. The number of carbonyl (C=O) groups excluding carboxylic acids is 1. The van der Waals surface area contributed by atoms with Gasteiger partial charge in [0.2, 0.25) is 15.9 Å². The van der Waals surface area contributed by atoms with E-state index in [0.29, 0.717) is 5.69 Å². The third-order valence-electron chi connectivity index (χ3n) is 3.16. The van der Waals surface area contributed by atoms with Crippen LogP contribution in [0.1, 0.15) is 5.56 Å². The fraction of sp³-hybridized carbons (Fsp3) is 0.188. The Labute approximate surface area is 134 Å². The zero-order chi connectivity index (χ0) is 17.0. The smallest absolute Gasteiger partial charge is 0.245 e. The minimum absolute atomic E-state index is 0.00913. The van der Waals surface area contributed by atoms with Gasteiger partial charge in [-0.2, -0.15) is 0 Å². The van der Waals surface area contributed by atoms with E-state index in [-0.39, 0.29) is 5.69 Å². The van der Waals surface area contributed by atoms with Crippen LogP contribution in [0, 0.1) is 12.7 Å². The Morgan fingerprint density at radius 3 is 2.30 bits per heavy atom. The van der Waals surface area contributed by atoms with Crippen LogP contribution < -0.4 is 9.62 Å². The van der Waals surface area contributed by atoms with Gasteiger partial charge >= 0.3 is 0 Å². The first-order valence-corrected chi connectivity index (χ1v) is 8.71. The molecule has 0 heterocycles. The van der Waals surface area contributed by atoms with Crippen molar-refractivity contribution in [1.29, 1.82) is 0 Å². The molecule has 0 fully saturated rings. The second-order valence-electron chi connectivity index (χ2n) is 5.13. The molecule has 0 saturated carbocycles. The summed E-state index contributed by atoms with van der Waals surface area (Å²) in [5, 5.41) is 2.37. The molecule has 1 amide bonds. The Balaban J connectivity index is 2.20. The molecule has 2 aromatic rings. The molecule has 0 aromatic heterocycles. The van der Waals surface area contributed by atoms with Crippen LogP contribution >= 0.6 is 0 Å². The van der Waals surface area contributed by atoms with Crippen molar-refractivity contribution in [2.75, 3.05) is 22.4 Å². The van der Waals surface area contributed by atoms with Crippen LogP contribution in [0.4, 0.5) is 15.8 Å². The van der Waals surface area contributed by atoms with Crippen molar-refractivity contribution < 1.29 is 17.6 Å². The lowest BCUT2D eigenvalue weighted by Gasteiger charge is -2.22. The zero-order valence-corrected chi connectivity index (χ0v) is 13.6. The highest BCUT2D eigenvalue weighted by Gasteiger charge is 2.21. The summed E-state index contributed by atoms with van der Waals surface area (Å²) in [6.07, 6.45) is 1.02. The van der Waals surface area contributed by atoms with Crippen molar-refractivity contribution in [2.24, 2.45) is 0 Å². The van der Waals surface area contributed by atoms with Gasteiger partial charge in [0.15, 0.2) is 0 Å². The van der Waals surface area contributed by atoms with E-state index >= 15 is 0 Å². The molecule has 0 aliphatic carbocycles. The lowest BCUT2D eigenvalue weighted by atomic mass is 10.2. The molecule has 122 valence electrons. The Hall–Kier alpha value is -2.41. The molecule has 0 saturated heterocycles. The van der Waals surface area contributed by atoms with Gasteiger partial charge in [-0.15, -0.1) is 0 Å². The Morgan fingerprint density at radius 1 is 1.13 bits per heavy atom. The van der Waals surface area contributed by atoms with Gasteiger partial charge in [0.05, 0.1) is 17.6 Å². The summed E-state index contributed by atoms with van der Waals surface area (Å²) in [4.78, 5) is 12.1. The summed E-state index contributed by atoms with van der Waals surface area (Å²) in [7, 11) is -3.65. The third kappa shape index (κ3) is 4.53. The maximum Gasteiger partial charge on any atom is 0.245 e. The van der Waals surface area contributed by atoms with E-state index in [0.717, 1.165) is 16.1 Å². The molecule has 0 atom stereocenters. The first-order chi connectivity index (χ1) is 10.8. The molecule has 7 heteroatoms. The maximum absolute atomic E-state index is 13.5. The van der Waals surface area contributed by atoms with E-state index < -0.39 is 28.3 Å². The number of benzene rings is 2. The molecule has 0 unspecified atom stereocenters. The van der Waals surface area contributed by atoms with Crippen LogP contribution in [-0.2, 0) is 14.8 Å². The summed E-state index contributed by atoms with van der Waals surface area (Å²) in [5.41, 5.74) is 1.36. The second kappa shape index (κ2) is 6.78. The van der Waals surface area contributed by atoms with Crippen LogP contribution in [0.15, 0.2) is 48.5 Å². The quantitative estimate of drug-likeness (QED) is 0.912. The van der Waals surface area contributed by atoms with E-state index in [1.165, 1.54) is 18.2 Å². The van der Waals surface area contributed by atoms with Crippen LogP contribution in [-0.4, -0.2) is 27.1 Å². The highest BCUT2D eigenvalue weighted by molar-refractivity contribution is 7.92. The van der Waals surface area contributed by atoms with Crippen LogP contribution in [0.3, 0.4) is 0 Å². The first-order valence-electron chi connectivity index (χ1n) is 6.86. The summed E-state index contributed by atoms with van der Waals surface area (Å²) in [5.74, 6) is -1.21. The molecular formula is C16H17FN2O3S. The fourth-order valence-electron chi connectivity index (χ4n) is 1.99. The van der Waals surface area contributed by atoms with E-state index in [4.69, 9.17) is 0 Å². The molecule has 5 nitrogen and oxygen atoms in total. The SMILES string of the molecule is Cc1ccc(N(CC(=O)Nc2ccccc2F)S(C)(=O)=O)cc1. The number of amides is 1. The Bertz CT molecular complexity index is 804. The average molecular weight is 336 g/mol. The summed E-state index contributed by atoms with van der Waals surface area (Å²) in [6.45, 7) is 1.44. The topological polar surface area (TPSA) is 66.5 Å². The van der Waals surface area contributed by atoms with Crippen LogP contribution in [0.2, 0.25) is 0 Å². The highest BCUT2D eigenvalue weighted by atomic mass is 32.2. The van der Waals surface area contributed by atoms with Gasteiger partial charge in [-0.05, 0) is 31.2 Å². The van der Waals surface area contributed by atoms with Crippen molar-refractivity contribution in [3.8, 4) is 0 Å². The molecule has 23 heavy (non-hydrogen) atoms. The number of para-hydroxylation sites is 1. The number of aryl methyl sites for hydroxylation is 1. The second-order valence-corrected chi connectivity index (χ2v) is 7.04. The number of sulfonamides is 1. The van der Waals surface area contributed by atoms with Gasteiger partial charge in [-0.3, -0.25) is 9.10 Å². The summed E-state index contributed by atoms with van der Waals surface area (Å²) >= 11 is 0. The zero-order valence-electron chi connectivity index (χ0n) is 12.8. The largest absolute Gasteiger partial charge is 0.322 e. The van der Waals surface area contributed by atoms with Crippen LogP contribution in [0.5, 0.6) is 0 Å². The Morgan fingerprint density at radius 2 is 1.74 bits per heavy atom. The number of rotatable bonds is 5. The van der Waals surface area contributed by atoms with Crippen LogP contribution in [0.25, 0.3) is 0 Å². The van der Waals surface area contributed by atoms with Gasteiger partial charge in [0.25, 0.3) is 0 Å². The van der Waals surface area contributed by atoms with Gasteiger partial charge in [-0.25, -0.2) is 12.8 Å². The van der Waals surface area contributed by atoms with E-state index in [2.05, 4.69) is 5.32 Å². The molecular weight excluding hydrogens is 319 g/mol. The van der Waals surface area contributed by atoms with Gasteiger partial charge in [-0.1, -0.05) is 29.8 Å². The third-order valence-corrected chi connectivity index (χ3v) is 4.30. The van der Waals surface area contributed by atoms with Crippen molar-refractivity contribution in [3.63, 3.8) is 0 Å². The number of anilines is 2. The predicted octanol–water partition coefficient (Wildman–Crippen LogP) is 2.54. The fourth-order valence-corrected chi connectivity index (χ4v) is 2.85. The van der Waals surface area contributed by atoms with Crippen molar-refractivity contribution in [1.82, 2.24) is 0 Å². The van der Waals surface area contributed by atoms with Gasteiger partial charge in [0, 0.05) is 0 Å². The Kier molecular flexibility index (Phi) is 5.00. The molecule has 0 radical (unpaired) electrons. The number of hydrogen-bond donors (Lipinski definition) is 1. The van der Waals surface area contributed by atoms with Crippen molar-refractivity contribution >= 4 is 27.3 Å². The number of nitrogens with one attached hydrogen (secondary N) is 1. The number of carbonyl (C=O) groups is 1. The predicted molar refractivity (Wildman–Crippen MR) is 88.4 cm³/mol. The van der Waals surface area contributed by atoms with Crippen molar-refractivity contribution in [2.45, 2.75) is 6.92 Å².